The summed E-state index contributed by atoms with van der Waals surface area (Å²) in [6, 6.07) is 4.68. The molecule has 0 aliphatic rings. The van der Waals surface area contributed by atoms with Crippen molar-refractivity contribution >= 4 is 21.6 Å². The van der Waals surface area contributed by atoms with Crippen LogP contribution in [0.1, 0.15) is 5.56 Å². The highest BCUT2D eigenvalue weighted by molar-refractivity contribution is 9.08. The highest BCUT2D eigenvalue weighted by atomic mass is 79.9. The van der Waals surface area contributed by atoms with Gasteiger partial charge in [0.2, 0.25) is 0 Å². The van der Waals surface area contributed by atoms with E-state index in [-0.39, 0.29) is 5.69 Å². The summed E-state index contributed by atoms with van der Waals surface area (Å²) in [4.78, 5) is 10.2. The SMILES string of the molecule is COCCOc1cc(CBr)cc([N+](=O)[O-])c1. The van der Waals surface area contributed by atoms with Gasteiger partial charge in [-0.3, -0.25) is 10.1 Å². The molecule has 0 bridgehead atoms. The van der Waals surface area contributed by atoms with Gasteiger partial charge in [0.1, 0.15) is 12.4 Å². The van der Waals surface area contributed by atoms with Crippen LogP contribution in [-0.4, -0.2) is 25.2 Å². The Morgan fingerprint density at radius 2 is 2.12 bits per heavy atom. The van der Waals surface area contributed by atoms with Crippen molar-refractivity contribution in [3.8, 4) is 5.75 Å². The first kappa shape index (κ1) is 12.9. The molecule has 0 saturated heterocycles. The van der Waals surface area contributed by atoms with Crippen LogP contribution in [0.5, 0.6) is 5.75 Å². The lowest BCUT2D eigenvalue weighted by atomic mass is 10.2. The molecule has 0 aliphatic carbocycles. The van der Waals surface area contributed by atoms with E-state index in [0.29, 0.717) is 24.3 Å². The van der Waals surface area contributed by atoms with Crippen LogP contribution in [0.4, 0.5) is 5.69 Å². The fourth-order valence-electron chi connectivity index (χ4n) is 1.15. The van der Waals surface area contributed by atoms with E-state index in [1.807, 2.05) is 0 Å². The van der Waals surface area contributed by atoms with E-state index in [1.54, 1.807) is 13.2 Å². The second-order valence-corrected chi connectivity index (χ2v) is 3.63. The number of nitrogens with zero attached hydrogens (tertiary/aromatic N) is 1. The number of rotatable bonds is 6. The number of non-ortho nitro benzene ring substituents is 1. The van der Waals surface area contributed by atoms with Crippen molar-refractivity contribution in [2.75, 3.05) is 20.3 Å². The van der Waals surface area contributed by atoms with Gasteiger partial charge in [0.25, 0.3) is 5.69 Å². The smallest absolute Gasteiger partial charge is 0.273 e. The molecular weight excluding hydrogens is 278 g/mol. The summed E-state index contributed by atoms with van der Waals surface area (Å²) >= 11 is 3.25. The largest absolute Gasteiger partial charge is 0.491 e. The topological polar surface area (TPSA) is 61.6 Å². The molecule has 0 unspecified atom stereocenters. The maximum atomic E-state index is 10.7. The summed E-state index contributed by atoms with van der Waals surface area (Å²) < 4.78 is 10.2. The number of nitro groups is 1. The van der Waals surface area contributed by atoms with Gasteiger partial charge in [0.15, 0.2) is 0 Å². The van der Waals surface area contributed by atoms with Crippen LogP contribution in [0.15, 0.2) is 18.2 Å². The molecule has 0 heterocycles. The third-order valence-corrected chi connectivity index (χ3v) is 2.52. The average molecular weight is 290 g/mol. The molecule has 0 radical (unpaired) electrons. The molecule has 0 saturated carbocycles. The van der Waals surface area contributed by atoms with Crippen molar-refractivity contribution in [1.29, 1.82) is 0 Å². The molecule has 0 spiro atoms. The fourth-order valence-corrected chi connectivity index (χ4v) is 1.48. The second-order valence-electron chi connectivity index (χ2n) is 3.07. The molecule has 5 nitrogen and oxygen atoms in total. The van der Waals surface area contributed by atoms with Gasteiger partial charge in [0, 0.05) is 18.5 Å². The number of methoxy groups -OCH3 is 1. The highest BCUT2D eigenvalue weighted by Gasteiger charge is 2.09. The average Bonchev–Trinajstić information content (AvgIpc) is 2.29. The predicted octanol–water partition coefficient (Wildman–Crippen LogP) is 2.51. The zero-order valence-electron chi connectivity index (χ0n) is 8.81. The zero-order chi connectivity index (χ0) is 12.0. The summed E-state index contributed by atoms with van der Waals surface area (Å²) in [6.45, 7) is 0.825. The molecule has 1 rings (SSSR count). The van der Waals surface area contributed by atoms with E-state index in [2.05, 4.69) is 15.9 Å². The first-order valence-corrected chi connectivity index (χ1v) is 5.75. The van der Waals surface area contributed by atoms with Gasteiger partial charge >= 0.3 is 0 Å². The Bertz CT molecular complexity index is 370. The van der Waals surface area contributed by atoms with E-state index in [4.69, 9.17) is 9.47 Å². The maximum absolute atomic E-state index is 10.7. The Hall–Kier alpha value is -1.14. The van der Waals surface area contributed by atoms with Gasteiger partial charge in [-0.2, -0.15) is 0 Å². The van der Waals surface area contributed by atoms with Crippen molar-refractivity contribution in [2.45, 2.75) is 5.33 Å². The number of hydrogen-bond donors (Lipinski definition) is 0. The standard InChI is InChI=1S/C10H12BrNO4/c1-15-2-3-16-10-5-8(7-11)4-9(6-10)12(13)14/h4-6H,2-3,7H2,1H3. The van der Waals surface area contributed by atoms with Crippen LogP contribution in [0, 0.1) is 10.1 Å². The molecule has 16 heavy (non-hydrogen) atoms. The third-order valence-electron chi connectivity index (χ3n) is 1.87. The first-order valence-electron chi connectivity index (χ1n) is 4.63. The lowest BCUT2D eigenvalue weighted by Gasteiger charge is -2.06. The Morgan fingerprint density at radius 1 is 1.38 bits per heavy atom. The number of ether oxygens (including phenoxy) is 2. The van der Waals surface area contributed by atoms with E-state index in [9.17, 15) is 10.1 Å². The molecule has 6 heteroatoms. The van der Waals surface area contributed by atoms with Crippen LogP contribution in [0.2, 0.25) is 0 Å². The molecule has 1 aromatic carbocycles. The number of nitro benzene ring substituents is 1. The zero-order valence-corrected chi connectivity index (χ0v) is 10.4. The van der Waals surface area contributed by atoms with Gasteiger partial charge < -0.3 is 9.47 Å². The molecule has 1 aromatic rings. The Kier molecular flexibility index (Phi) is 5.21. The minimum Gasteiger partial charge on any atom is -0.491 e. The molecule has 0 aliphatic heterocycles. The summed E-state index contributed by atoms with van der Waals surface area (Å²) in [5, 5.41) is 11.2. The van der Waals surface area contributed by atoms with Crippen molar-refractivity contribution in [2.24, 2.45) is 0 Å². The third kappa shape index (κ3) is 3.79. The first-order chi connectivity index (χ1) is 7.67. The maximum Gasteiger partial charge on any atom is 0.273 e. The normalized spacial score (nSPS) is 10.1. The van der Waals surface area contributed by atoms with Gasteiger partial charge in [-0.1, -0.05) is 15.9 Å². The quantitative estimate of drug-likeness (QED) is 0.349. The molecule has 0 amide bonds. The lowest BCUT2D eigenvalue weighted by Crippen LogP contribution is -2.04. The number of halogens is 1. The van der Waals surface area contributed by atoms with Crippen LogP contribution >= 0.6 is 15.9 Å². The summed E-state index contributed by atoms with van der Waals surface area (Å²) in [5.41, 5.74) is 0.839. The lowest BCUT2D eigenvalue weighted by molar-refractivity contribution is -0.385. The predicted molar refractivity (Wildman–Crippen MR) is 63.1 cm³/mol. The summed E-state index contributed by atoms with van der Waals surface area (Å²) in [6.07, 6.45) is 0. The van der Waals surface area contributed by atoms with Crippen molar-refractivity contribution in [3.05, 3.63) is 33.9 Å². The molecule has 0 aromatic heterocycles. The summed E-state index contributed by atoms with van der Waals surface area (Å²) in [5.74, 6) is 0.487. The molecule has 0 atom stereocenters. The second kappa shape index (κ2) is 6.44. The van der Waals surface area contributed by atoms with Crippen LogP contribution < -0.4 is 4.74 Å². The van der Waals surface area contributed by atoms with Crippen molar-refractivity contribution in [3.63, 3.8) is 0 Å². The van der Waals surface area contributed by atoms with Gasteiger partial charge in [-0.25, -0.2) is 0 Å². The summed E-state index contributed by atoms with van der Waals surface area (Å²) in [7, 11) is 1.57. The Labute approximate surface area is 102 Å². The van der Waals surface area contributed by atoms with E-state index < -0.39 is 4.92 Å². The molecule has 0 N–H and O–H groups in total. The Balaban J connectivity index is 2.82. The van der Waals surface area contributed by atoms with Gasteiger partial charge in [0.05, 0.1) is 17.6 Å². The van der Waals surface area contributed by atoms with E-state index in [1.165, 1.54) is 12.1 Å². The minimum atomic E-state index is -0.435. The number of alkyl halides is 1. The molecular formula is C10H12BrNO4. The van der Waals surface area contributed by atoms with Gasteiger partial charge in [-0.05, 0) is 11.6 Å². The van der Waals surface area contributed by atoms with Crippen LogP contribution in [0.3, 0.4) is 0 Å². The minimum absolute atomic E-state index is 0.0318. The van der Waals surface area contributed by atoms with E-state index in [0.717, 1.165) is 5.56 Å². The highest BCUT2D eigenvalue weighted by Crippen LogP contribution is 2.24. The fraction of sp³-hybridized carbons (Fsp3) is 0.400. The van der Waals surface area contributed by atoms with Crippen LogP contribution in [-0.2, 0) is 10.1 Å². The number of hydrogen-bond acceptors (Lipinski definition) is 4. The van der Waals surface area contributed by atoms with Crippen molar-refractivity contribution in [1.82, 2.24) is 0 Å². The monoisotopic (exact) mass is 289 g/mol. The molecule has 0 fully saturated rings. The number of benzene rings is 1. The van der Waals surface area contributed by atoms with Gasteiger partial charge in [-0.15, -0.1) is 0 Å². The Morgan fingerprint density at radius 3 is 2.69 bits per heavy atom. The molecule has 88 valence electrons. The van der Waals surface area contributed by atoms with Crippen molar-refractivity contribution < 1.29 is 14.4 Å². The van der Waals surface area contributed by atoms with Crippen LogP contribution in [0.25, 0.3) is 0 Å². The van der Waals surface area contributed by atoms with E-state index >= 15 is 0 Å².